The Labute approximate surface area is 129 Å². The van der Waals surface area contributed by atoms with Crippen LogP contribution in [0.5, 0.6) is 0 Å². The molecule has 0 amide bonds. The van der Waals surface area contributed by atoms with Crippen molar-refractivity contribution >= 4 is 40.5 Å². The highest BCUT2D eigenvalue weighted by molar-refractivity contribution is 7.78. The molecule has 0 aromatic heterocycles. The van der Waals surface area contributed by atoms with Gasteiger partial charge >= 0.3 is 0 Å². The van der Waals surface area contributed by atoms with Crippen molar-refractivity contribution in [2.24, 2.45) is 15.9 Å². The smallest absolute Gasteiger partial charge is 0.104 e. The van der Waals surface area contributed by atoms with E-state index in [-0.39, 0.29) is 5.92 Å². The molecule has 0 saturated heterocycles. The zero-order valence-electron chi connectivity index (χ0n) is 10.7. The SMILES string of the molecule is S=C=NC(=C(N=C=S)C1C=CC=CC1)c1ccccc1. The minimum Gasteiger partial charge on any atom is -0.196 e. The van der Waals surface area contributed by atoms with Crippen molar-refractivity contribution in [3.05, 3.63) is 65.9 Å². The van der Waals surface area contributed by atoms with E-state index in [1.54, 1.807) is 0 Å². The lowest BCUT2D eigenvalue weighted by Gasteiger charge is -2.15. The monoisotopic (exact) mass is 296 g/mol. The molecule has 1 aliphatic rings. The van der Waals surface area contributed by atoms with Crippen LogP contribution in [0.1, 0.15) is 12.0 Å². The summed E-state index contributed by atoms with van der Waals surface area (Å²) < 4.78 is 0. The Hall–Kier alpha value is -1.96. The van der Waals surface area contributed by atoms with Crippen LogP contribution >= 0.6 is 24.4 Å². The maximum atomic E-state index is 4.77. The zero-order valence-corrected chi connectivity index (χ0v) is 12.3. The average molecular weight is 296 g/mol. The Morgan fingerprint density at radius 2 is 1.80 bits per heavy atom. The molecule has 1 aliphatic carbocycles. The predicted octanol–water partition coefficient (Wildman–Crippen LogP) is 4.69. The first kappa shape index (κ1) is 14.4. The largest absolute Gasteiger partial charge is 0.196 e. The van der Waals surface area contributed by atoms with E-state index in [4.69, 9.17) is 24.4 Å². The maximum absolute atomic E-state index is 4.77. The number of isothiocyanates is 2. The van der Waals surface area contributed by atoms with Crippen molar-refractivity contribution in [2.75, 3.05) is 0 Å². The summed E-state index contributed by atoms with van der Waals surface area (Å²) in [6.45, 7) is 0. The first-order chi connectivity index (χ1) is 9.86. The molecule has 1 atom stereocenters. The Balaban J connectivity index is 2.59. The highest BCUT2D eigenvalue weighted by Gasteiger charge is 2.17. The number of hydrogen-bond donors (Lipinski definition) is 0. The van der Waals surface area contributed by atoms with Crippen LogP contribution in [0.25, 0.3) is 5.70 Å². The van der Waals surface area contributed by atoms with Crippen molar-refractivity contribution in [1.29, 1.82) is 0 Å². The van der Waals surface area contributed by atoms with Crippen LogP contribution in [0.4, 0.5) is 0 Å². The highest BCUT2D eigenvalue weighted by atomic mass is 32.1. The van der Waals surface area contributed by atoms with Crippen LogP contribution in [0, 0.1) is 5.92 Å². The molecule has 0 heterocycles. The summed E-state index contributed by atoms with van der Waals surface area (Å²) in [5.41, 5.74) is 2.41. The molecule has 0 saturated carbocycles. The normalized spacial score (nSPS) is 17.7. The van der Waals surface area contributed by atoms with Crippen LogP contribution in [0.2, 0.25) is 0 Å². The second-order valence-electron chi connectivity index (χ2n) is 4.16. The first-order valence-electron chi connectivity index (χ1n) is 6.15. The number of nitrogens with zero attached hydrogens (tertiary/aromatic N) is 2. The lowest BCUT2D eigenvalue weighted by molar-refractivity contribution is 0.759. The van der Waals surface area contributed by atoms with Gasteiger partial charge in [0.25, 0.3) is 0 Å². The summed E-state index contributed by atoms with van der Waals surface area (Å²) in [4.78, 5) is 8.42. The fourth-order valence-electron chi connectivity index (χ4n) is 2.06. The molecule has 2 rings (SSSR count). The molecule has 0 bridgehead atoms. The van der Waals surface area contributed by atoms with Crippen molar-refractivity contribution in [1.82, 2.24) is 0 Å². The van der Waals surface area contributed by atoms with Gasteiger partial charge in [-0.2, -0.15) is 9.98 Å². The van der Waals surface area contributed by atoms with Gasteiger partial charge in [-0.1, -0.05) is 54.6 Å². The molecule has 1 aromatic rings. The van der Waals surface area contributed by atoms with Gasteiger partial charge < -0.3 is 0 Å². The van der Waals surface area contributed by atoms with E-state index in [2.05, 4.69) is 32.5 Å². The minimum atomic E-state index is 0.123. The van der Waals surface area contributed by atoms with E-state index in [0.717, 1.165) is 17.7 Å². The number of hydrogen-bond acceptors (Lipinski definition) is 4. The topological polar surface area (TPSA) is 24.7 Å². The van der Waals surface area contributed by atoms with Crippen molar-refractivity contribution in [3.8, 4) is 0 Å². The molecule has 4 heteroatoms. The molecular formula is C16H12N2S2. The van der Waals surface area contributed by atoms with E-state index in [1.807, 2.05) is 42.5 Å². The fraction of sp³-hybridized carbons (Fsp3) is 0.125. The van der Waals surface area contributed by atoms with Crippen LogP contribution in [0.3, 0.4) is 0 Å². The fourth-order valence-corrected chi connectivity index (χ4v) is 2.25. The number of thiocarbonyl (C=S) groups is 2. The molecule has 0 fully saturated rings. The molecule has 0 radical (unpaired) electrons. The summed E-state index contributed by atoms with van der Waals surface area (Å²) in [6, 6.07) is 9.78. The van der Waals surface area contributed by atoms with Crippen LogP contribution in [-0.2, 0) is 0 Å². The number of rotatable bonds is 4. The minimum absolute atomic E-state index is 0.123. The Morgan fingerprint density at radius 3 is 2.40 bits per heavy atom. The van der Waals surface area contributed by atoms with Crippen LogP contribution < -0.4 is 0 Å². The molecule has 2 nitrogen and oxygen atoms in total. The summed E-state index contributed by atoms with van der Waals surface area (Å²) in [6.07, 6.45) is 9.03. The average Bonchev–Trinajstić information content (AvgIpc) is 2.52. The third-order valence-corrected chi connectivity index (χ3v) is 3.13. The quantitative estimate of drug-likeness (QED) is 0.594. The van der Waals surface area contributed by atoms with Gasteiger partial charge in [-0.15, -0.1) is 0 Å². The molecule has 0 N–H and O–H groups in total. The third kappa shape index (κ3) is 3.53. The van der Waals surface area contributed by atoms with Gasteiger partial charge in [-0.25, -0.2) is 0 Å². The molecular weight excluding hydrogens is 284 g/mol. The van der Waals surface area contributed by atoms with Gasteiger partial charge in [0.2, 0.25) is 0 Å². The Kier molecular flexibility index (Phi) is 5.48. The van der Waals surface area contributed by atoms with Gasteiger partial charge in [0.15, 0.2) is 0 Å². The van der Waals surface area contributed by atoms with E-state index in [0.29, 0.717) is 5.70 Å². The summed E-state index contributed by atoms with van der Waals surface area (Å²) in [7, 11) is 0. The van der Waals surface area contributed by atoms with Gasteiger partial charge in [-0.3, -0.25) is 0 Å². The second-order valence-corrected chi connectivity index (χ2v) is 4.53. The third-order valence-electron chi connectivity index (χ3n) is 2.95. The molecule has 0 spiro atoms. The van der Waals surface area contributed by atoms with Gasteiger partial charge in [-0.05, 0) is 30.9 Å². The van der Waals surface area contributed by atoms with E-state index < -0.39 is 0 Å². The van der Waals surface area contributed by atoms with E-state index in [1.165, 1.54) is 0 Å². The Bertz CT molecular complexity index is 659. The highest BCUT2D eigenvalue weighted by Crippen LogP contribution is 2.30. The molecule has 1 aromatic carbocycles. The summed E-state index contributed by atoms with van der Waals surface area (Å²) >= 11 is 9.53. The van der Waals surface area contributed by atoms with Gasteiger partial charge in [0, 0.05) is 11.5 Å². The van der Waals surface area contributed by atoms with Crippen LogP contribution in [-0.4, -0.2) is 10.3 Å². The van der Waals surface area contributed by atoms with Crippen molar-refractivity contribution in [3.63, 3.8) is 0 Å². The van der Waals surface area contributed by atoms with E-state index >= 15 is 0 Å². The van der Waals surface area contributed by atoms with Crippen molar-refractivity contribution < 1.29 is 0 Å². The second kappa shape index (κ2) is 7.59. The molecule has 1 unspecified atom stereocenters. The van der Waals surface area contributed by atoms with Gasteiger partial charge in [0.1, 0.15) is 5.70 Å². The summed E-state index contributed by atoms with van der Waals surface area (Å²) in [5, 5.41) is 4.88. The molecule has 20 heavy (non-hydrogen) atoms. The maximum Gasteiger partial charge on any atom is 0.104 e. The zero-order chi connectivity index (χ0) is 14.2. The Morgan fingerprint density at radius 1 is 1.05 bits per heavy atom. The predicted molar refractivity (Wildman–Crippen MR) is 89.8 cm³/mol. The molecule has 98 valence electrons. The number of allylic oxidation sites excluding steroid dienone is 4. The van der Waals surface area contributed by atoms with Crippen molar-refractivity contribution in [2.45, 2.75) is 6.42 Å². The number of aliphatic imine (C=N–C) groups is 2. The molecule has 0 aliphatic heterocycles. The van der Waals surface area contributed by atoms with Gasteiger partial charge in [0.05, 0.1) is 16.0 Å². The lowest BCUT2D eigenvalue weighted by Crippen LogP contribution is -2.03. The van der Waals surface area contributed by atoms with E-state index in [9.17, 15) is 0 Å². The first-order valence-corrected chi connectivity index (χ1v) is 6.97. The summed E-state index contributed by atoms with van der Waals surface area (Å²) in [5.74, 6) is 0.123. The standard InChI is InChI=1S/C16H12N2S2/c19-11-17-15(13-7-3-1-4-8-13)16(18-12-20)14-9-5-2-6-10-14/h1-9,14H,10H2. The lowest BCUT2D eigenvalue weighted by atomic mass is 9.94. The number of benzene rings is 1. The van der Waals surface area contributed by atoms with Crippen LogP contribution in [0.15, 0.2) is 70.3 Å².